The summed E-state index contributed by atoms with van der Waals surface area (Å²) < 4.78 is 0. The van der Waals surface area contributed by atoms with Crippen LogP contribution in [0.25, 0.3) is 0 Å². The third-order valence-electron chi connectivity index (χ3n) is 4.39. The zero-order valence-electron chi connectivity index (χ0n) is 12.8. The first-order chi connectivity index (χ1) is 8.93. The van der Waals surface area contributed by atoms with Gasteiger partial charge >= 0.3 is 0 Å². The van der Waals surface area contributed by atoms with Crippen LogP contribution in [0.3, 0.4) is 0 Å². The fourth-order valence-corrected chi connectivity index (χ4v) is 3.09. The number of benzene rings is 1. The molecule has 1 heterocycles. The third-order valence-corrected chi connectivity index (χ3v) is 4.39. The highest BCUT2D eigenvalue weighted by Crippen LogP contribution is 2.30. The first-order valence-corrected chi connectivity index (χ1v) is 7.49. The van der Waals surface area contributed by atoms with Crippen LogP contribution in [0.15, 0.2) is 24.3 Å². The summed E-state index contributed by atoms with van der Waals surface area (Å²) in [7, 11) is 0. The highest BCUT2D eigenvalue weighted by atomic mass is 15.2. The first-order valence-electron chi connectivity index (χ1n) is 7.49. The van der Waals surface area contributed by atoms with Crippen molar-refractivity contribution in [2.75, 3.05) is 13.1 Å². The van der Waals surface area contributed by atoms with Gasteiger partial charge in [0.1, 0.15) is 0 Å². The average Bonchev–Trinajstić information content (AvgIpc) is 2.76. The number of hydrogen-bond acceptors (Lipinski definition) is 2. The van der Waals surface area contributed by atoms with Crippen LogP contribution in [-0.4, -0.2) is 24.0 Å². The number of hydrogen-bond donors (Lipinski definition) is 1. The fraction of sp³-hybridized carbons (Fsp3) is 0.647. The molecule has 1 aliphatic rings. The summed E-state index contributed by atoms with van der Waals surface area (Å²) in [5.41, 5.74) is 9.00. The van der Waals surface area contributed by atoms with Gasteiger partial charge < -0.3 is 5.73 Å². The number of nitrogens with two attached hydrogens (primary N) is 1. The second-order valence-corrected chi connectivity index (χ2v) is 6.85. The summed E-state index contributed by atoms with van der Waals surface area (Å²) >= 11 is 0. The molecule has 19 heavy (non-hydrogen) atoms. The Morgan fingerprint density at radius 2 is 1.89 bits per heavy atom. The lowest BCUT2D eigenvalue weighted by molar-refractivity contribution is 0.195. The Kier molecular flexibility index (Phi) is 4.32. The lowest BCUT2D eigenvalue weighted by Crippen LogP contribution is -2.36. The molecule has 1 aromatic carbocycles. The summed E-state index contributed by atoms with van der Waals surface area (Å²) in [6.45, 7) is 11.0. The van der Waals surface area contributed by atoms with E-state index in [9.17, 15) is 0 Å². The minimum absolute atomic E-state index is 0.220. The number of rotatable bonds is 3. The molecular weight excluding hydrogens is 232 g/mol. The van der Waals surface area contributed by atoms with E-state index in [0.717, 1.165) is 0 Å². The van der Waals surface area contributed by atoms with Crippen LogP contribution in [0, 0.1) is 0 Å². The maximum Gasteiger partial charge on any atom is 0.0473 e. The molecule has 2 rings (SSSR count). The first kappa shape index (κ1) is 14.5. The molecule has 0 radical (unpaired) electrons. The molecule has 1 aliphatic heterocycles. The molecular formula is C17H28N2. The minimum atomic E-state index is 0.220. The van der Waals surface area contributed by atoms with Crippen LogP contribution in [-0.2, 0) is 5.41 Å². The Balaban J connectivity index is 2.19. The Labute approximate surface area is 118 Å². The molecule has 2 unspecified atom stereocenters. The Morgan fingerprint density at radius 1 is 1.26 bits per heavy atom. The van der Waals surface area contributed by atoms with E-state index in [2.05, 4.69) is 56.9 Å². The van der Waals surface area contributed by atoms with Gasteiger partial charge in [-0.3, -0.25) is 4.90 Å². The Bertz CT molecular complexity index is 402. The van der Waals surface area contributed by atoms with Gasteiger partial charge in [0, 0.05) is 18.6 Å². The van der Waals surface area contributed by atoms with Gasteiger partial charge in [0.05, 0.1) is 0 Å². The molecule has 1 fully saturated rings. The molecule has 2 atom stereocenters. The van der Waals surface area contributed by atoms with E-state index in [1.807, 2.05) is 0 Å². The molecule has 2 heteroatoms. The largest absolute Gasteiger partial charge is 0.329 e. The highest BCUT2D eigenvalue weighted by molar-refractivity contribution is 5.29. The van der Waals surface area contributed by atoms with Crippen molar-refractivity contribution >= 4 is 0 Å². The van der Waals surface area contributed by atoms with Crippen molar-refractivity contribution in [3.63, 3.8) is 0 Å². The zero-order valence-corrected chi connectivity index (χ0v) is 12.8. The molecule has 0 spiro atoms. The van der Waals surface area contributed by atoms with Gasteiger partial charge in [0.25, 0.3) is 0 Å². The SMILES string of the molecule is CC1CCCN1C(CN)c1ccc(C(C)(C)C)cc1. The molecule has 0 bridgehead atoms. The second-order valence-electron chi connectivity index (χ2n) is 6.85. The molecule has 0 aromatic heterocycles. The van der Waals surface area contributed by atoms with Crippen molar-refractivity contribution in [1.82, 2.24) is 4.90 Å². The maximum absolute atomic E-state index is 6.03. The number of likely N-dealkylation sites (tertiary alicyclic amines) is 1. The predicted octanol–water partition coefficient (Wildman–Crippen LogP) is 3.47. The molecule has 0 amide bonds. The van der Waals surface area contributed by atoms with Crippen molar-refractivity contribution in [1.29, 1.82) is 0 Å². The summed E-state index contributed by atoms with van der Waals surface area (Å²) in [4.78, 5) is 2.56. The fourth-order valence-electron chi connectivity index (χ4n) is 3.09. The van der Waals surface area contributed by atoms with Crippen LogP contribution in [0.5, 0.6) is 0 Å². The van der Waals surface area contributed by atoms with E-state index in [-0.39, 0.29) is 5.41 Å². The van der Waals surface area contributed by atoms with E-state index >= 15 is 0 Å². The van der Waals surface area contributed by atoms with Gasteiger partial charge in [-0.2, -0.15) is 0 Å². The molecule has 0 aliphatic carbocycles. The van der Waals surface area contributed by atoms with Crippen molar-refractivity contribution in [2.24, 2.45) is 5.73 Å². The Hall–Kier alpha value is -0.860. The van der Waals surface area contributed by atoms with E-state index in [1.54, 1.807) is 0 Å². The minimum Gasteiger partial charge on any atom is -0.329 e. The van der Waals surface area contributed by atoms with Crippen LogP contribution < -0.4 is 5.73 Å². The van der Waals surface area contributed by atoms with E-state index in [0.29, 0.717) is 18.6 Å². The average molecular weight is 260 g/mol. The molecule has 2 nitrogen and oxygen atoms in total. The standard InChI is InChI=1S/C17H28N2/c1-13-6-5-11-19(13)16(12-18)14-7-9-15(10-8-14)17(2,3)4/h7-10,13,16H,5-6,11-12,18H2,1-4H3. The van der Waals surface area contributed by atoms with Gasteiger partial charge in [0.15, 0.2) is 0 Å². The summed E-state index contributed by atoms with van der Waals surface area (Å²) in [5, 5.41) is 0. The monoisotopic (exact) mass is 260 g/mol. The molecule has 106 valence electrons. The van der Waals surface area contributed by atoms with Crippen LogP contribution >= 0.6 is 0 Å². The third kappa shape index (κ3) is 3.18. The van der Waals surface area contributed by atoms with Crippen molar-refractivity contribution in [2.45, 2.75) is 58.0 Å². The lowest BCUT2D eigenvalue weighted by atomic mass is 9.86. The van der Waals surface area contributed by atoms with Gasteiger partial charge in [-0.1, -0.05) is 45.0 Å². The van der Waals surface area contributed by atoms with E-state index in [1.165, 1.54) is 30.5 Å². The summed E-state index contributed by atoms with van der Waals surface area (Å²) in [6, 6.07) is 10.1. The molecule has 1 aromatic rings. The second kappa shape index (κ2) is 5.64. The topological polar surface area (TPSA) is 29.3 Å². The van der Waals surface area contributed by atoms with Gasteiger partial charge in [-0.15, -0.1) is 0 Å². The molecule has 2 N–H and O–H groups in total. The quantitative estimate of drug-likeness (QED) is 0.901. The van der Waals surface area contributed by atoms with Gasteiger partial charge in [0.2, 0.25) is 0 Å². The van der Waals surface area contributed by atoms with Crippen LogP contribution in [0.2, 0.25) is 0 Å². The zero-order chi connectivity index (χ0) is 14.0. The van der Waals surface area contributed by atoms with Crippen LogP contribution in [0.1, 0.15) is 57.7 Å². The molecule has 1 saturated heterocycles. The summed E-state index contributed by atoms with van der Waals surface area (Å²) in [6.07, 6.45) is 2.61. The smallest absolute Gasteiger partial charge is 0.0473 e. The lowest BCUT2D eigenvalue weighted by Gasteiger charge is -2.31. The normalized spacial score (nSPS) is 22.7. The van der Waals surface area contributed by atoms with Crippen molar-refractivity contribution < 1.29 is 0 Å². The van der Waals surface area contributed by atoms with E-state index in [4.69, 9.17) is 5.73 Å². The van der Waals surface area contributed by atoms with Gasteiger partial charge in [-0.05, 0) is 42.9 Å². The highest BCUT2D eigenvalue weighted by Gasteiger charge is 2.28. The van der Waals surface area contributed by atoms with Crippen LogP contribution in [0.4, 0.5) is 0 Å². The maximum atomic E-state index is 6.03. The van der Waals surface area contributed by atoms with E-state index < -0.39 is 0 Å². The van der Waals surface area contributed by atoms with Crippen molar-refractivity contribution in [3.8, 4) is 0 Å². The number of nitrogens with zero attached hydrogens (tertiary/aromatic N) is 1. The molecule has 0 saturated carbocycles. The Morgan fingerprint density at radius 3 is 2.32 bits per heavy atom. The van der Waals surface area contributed by atoms with Gasteiger partial charge in [-0.25, -0.2) is 0 Å². The summed E-state index contributed by atoms with van der Waals surface area (Å²) in [5.74, 6) is 0. The predicted molar refractivity (Wildman–Crippen MR) is 82.3 cm³/mol. The van der Waals surface area contributed by atoms with Crippen molar-refractivity contribution in [3.05, 3.63) is 35.4 Å².